The Balaban J connectivity index is 2.16. The minimum absolute atomic E-state index is 0.118. The van der Waals surface area contributed by atoms with Crippen molar-refractivity contribution in [1.29, 1.82) is 0 Å². The van der Waals surface area contributed by atoms with Gasteiger partial charge in [0.05, 0.1) is 0 Å². The van der Waals surface area contributed by atoms with Crippen LogP contribution in [0.5, 0.6) is 0 Å². The highest BCUT2D eigenvalue weighted by Crippen LogP contribution is 2.36. The summed E-state index contributed by atoms with van der Waals surface area (Å²) in [7, 11) is 0. The Morgan fingerprint density at radius 1 is 0.812 bits per heavy atom. The van der Waals surface area contributed by atoms with E-state index >= 15 is 0 Å². The summed E-state index contributed by atoms with van der Waals surface area (Å²) in [6, 6.07) is 7.18. The molecule has 2 aliphatic rings. The predicted octanol–water partition coefficient (Wildman–Crippen LogP) is 2.65. The summed E-state index contributed by atoms with van der Waals surface area (Å²) in [5.41, 5.74) is 1.23. The van der Waals surface area contributed by atoms with Crippen LogP contribution >= 0.6 is 0 Å². The molecule has 2 heteroatoms. The first-order valence-corrected chi connectivity index (χ1v) is 5.61. The normalized spacial score (nSPS) is 27.5. The highest BCUT2D eigenvalue weighted by molar-refractivity contribution is 6.16. The number of hydrogen-bond acceptors (Lipinski definition) is 2. The number of fused-ring (bicyclic) bond motifs is 2. The van der Waals surface area contributed by atoms with Crippen LogP contribution in [0.4, 0.5) is 0 Å². The van der Waals surface area contributed by atoms with Gasteiger partial charge in [0.1, 0.15) is 0 Å². The highest BCUT2D eigenvalue weighted by atomic mass is 16.1. The summed E-state index contributed by atoms with van der Waals surface area (Å²) < 4.78 is 0. The molecule has 0 aliphatic heterocycles. The van der Waals surface area contributed by atoms with Gasteiger partial charge in [-0.05, 0) is 12.8 Å². The molecule has 0 N–H and O–H groups in total. The molecule has 16 heavy (non-hydrogen) atoms. The smallest absolute Gasteiger partial charge is 0.167 e. The second-order valence-corrected chi connectivity index (χ2v) is 4.43. The Hall–Kier alpha value is -1.70. The molecule has 1 aromatic rings. The third-order valence-corrected chi connectivity index (χ3v) is 3.56. The van der Waals surface area contributed by atoms with Gasteiger partial charge < -0.3 is 0 Å². The Labute approximate surface area is 94.0 Å². The molecule has 0 saturated carbocycles. The molecule has 0 bridgehead atoms. The van der Waals surface area contributed by atoms with E-state index in [2.05, 4.69) is 0 Å². The molecule has 0 fully saturated rings. The highest BCUT2D eigenvalue weighted by Gasteiger charge is 2.40. The number of allylic oxidation sites excluding steroid dienone is 2. The second kappa shape index (κ2) is 3.41. The van der Waals surface area contributed by atoms with E-state index in [1.165, 1.54) is 0 Å². The second-order valence-electron chi connectivity index (χ2n) is 4.43. The zero-order valence-electron chi connectivity index (χ0n) is 8.85. The number of rotatable bonds is 0. The van der Waals surface area contributed by atoms with Crippen molar-refractivity contribution < 1.29 is 9.59 Å². The molecular weight excluding hydrogens is 200 g/mol. The minimum atomic E-state index is -0.118. The Kier molecular flexibility index (Phi) is 2.03. The zero-order chi connectivity index (χ0) is 11.1. The molecule has 0 heterocycles. The van der Waals surface area contributed by atoms with Crippen LogP contribution in [0.15, 0.2) is 36.4 Å². The number of hydrogen-bond donors (Lipinski definition) is 0. The molecule has 2 unspecified atom stereocenters. The lowest BCUT2D eigenvalue weighted by Crippen LogP contribution is -2.37. The van der Waals surface area contributed by atoms with Gasteiger partial charge in [-0.2, -0.15) is 0 Å². The number of ketones is 2. The summed E-state index contributed by atoms with van der Waals surface area (Å²) in [6.07, 6.45) is 5.45. The van der Waals surface area contributed by atoms with Gasteiger partial charge in [-0.25, -0.2) is 0 Å². The topological polar surface area (TPSA) is 34.1 Å². The summed E-state index contributed by atoms with van der Waals surface area (Å²) >= 11 is 0. The van der Waals surface area contributed by atoms with Gasteiger partial charge in [0.25, 0.3) is 0 Å². The molecule has 2 nitrogen and oxygen atoms in total. The van der Waals surface area contributed by atoms with Crippen LogP contribution in [0.2, 0.25) is 0 Å². The first-order chi connectivity index (χ1) is 7.79. The van der Waals surface area contributed by atoms with Gasteiger partial charge in [0.2, 0.25) is 0 Å². The van der Waals surface area contributed by atoms with Crippen LogP contribution in [0, 0.1) is 11.8 Å². The summed E-state index contributed by atoms with van der Waals surface area (Å²) in [4.78, 5) is 24.4. The standard InChI is InChI=1S/C14H12O2/c15-13-9-5-1-2-6-10(9)14(16)12-8-4-3-7-11(12)13/h1-6,11-12H,7-8H2. The van der Waals surface area contributed by atoms with Crippen molar-refractivity contribution in [2.75, 3.05) is 0 Å². The SMILES string of the molecule is O=C1c2ccccc2C(=O)C2CC=CCC12. The molecule has 0 radical (unpaired) electrons. The van der Waals surface area contributed by atoms with Gasteiger partial charge in [-0.1, -0.05) is 36.4 Å². The quantitative estimate of drug-likeness (QED) is 0.619. The molecule has 80 valence electrons. The van der Waals surface area contributed by atoms with Crippen LogP contribution in [0.1, 0.15) is 33.6 Å². The Morgan fingerprint density at radius 2 is 1.25 bits per heavy atom. The molecule has 3 rings (SSSR count). The third kappa shape index (κ3) is 1.19. The minimum Gasteiger partial charge on any atom is -0.294 e. The van der Waals surface area contributed by atoms with E-state index in [9.17, 15) is 9.59 Å². The summed E-state index contributed by atoms with van der Waals surface area (Å²) in [6.45, 7) is 0. The molecule has 0 aromatic heterocycles. The lowest BCUT2D eigenvalue weighted by molar-refractivity contribution is 0.0729. The molecule has 2 atom stereocenters. The van der Waals surface area contributed by atoms with E-state index in [-0.39, 0.29) is 23.4 Å². The number of Topliss-reactive ketones (excluding diaryl/α,β-unsaturated/α-hetero) is 2. The van der Waals surface area contributed by atoms with Gasteiger partial charge in [0, 0.05) is 23.0 Å². The van der Waals surface area contributed by atoms with Crippen LogP contribution in [0.3, 0.4) is 0 Å². The van der Waals surface area contributed by atoms with Crippen molar-refractivity contribution in [3.63, 3.8) is 0 Å². The molecular formula is C14H12O2. The molecule has 2 aliphatic carbocycles. The molecule has 1 aromatic carbocycles. The first-order valence-electron chi connectivity index (χ1n) is 5.61. The maximum atomic E-state index is 12.2. The van der Waals surface area contributed by atoms with Crippen molar-refractivity contribution >= 4 is 11.6 Å². The lowest BCUT2D eigenvalue weighted by atomic mass is 9.69. The van der Waals surface area contributed by atoms with E-state index in [1.54, 1.807) is 12.1 Å². The van der Waals surface area contributed by atoms with Gasteiger partial charge >= 0.3 is 0 Å². The maximum Gasteiger partial charge on any atom is 0.167 e. The van der Waals surface area contributed by atoms with E-state index < -0.39 is 0 Å². The van der Waals surface area contributed by atoms with Crippen molar-refractivity contribution in [3.8, 4) is 0 Å². The summed E-state index contributed by atoms with van der Waals surface area (Å²) in [5, 5.41) is 0. The van der Waals surface area contributed by atoms with Crippen LogP contribution < -0.4 is 0 Å². The van der Waals surface area contributed by atoms with Crippen LogP contribution in [-0.4, -0.2) is 11.6 Å². The van der Waals surface area contributed by atoms with Crippen molar-refractivity contribution in [1.82, 2.24) is 0 Å². The Morgan fingerprint density at radius 3 is 1.69 bits per heavy atom. The van der Waals surface area contributed by atoms with Gasteiger partial charge in [-0.15, -0.1) is 0 Å². The van der Waals surface area contributed by atoms with Crippen LogP contribution in [-0.2, 0) is 0 Å². The summed E-state index contributed by atoms with van der Waals surface area (Å²) in [5.74, 6) is 0.0499. The predicted molar refractivity (Wildman–Crippen MR) is 60.5 cm³/mol. The van der Waals surface area contributed by atoms with E-state index in [0.29, 0.717) is 24.0 Å². The molecule has 0 saturated heterocycles. The first kappa shape index (κ1) is 9.52. The Bertz CT molecular complexity index is 454. The average molecular weight is 212 g/mol. The average Bonchev–Trinajstić information content (AvgIpc) is 2.36. The number of benzene rings is 1. The largest absolute Gasteiger partial charge is 0.294 e. The molecule has 0 spiro atoms. The van der Waals surface area contributed by atoms with Crippen molar-refractivity contribution in [2.45, 2.75) is 12.8 Å². The fourth-order valence-corrected chi connectivity index (χ4v) is 2.71. The zero-order valence-corrected chi connectivity index (χ0v) is 8.85. The van der Waals surface area contributed by atoms with Crippen molar-refractivity contribution in [2.24, 2.45) is 11.8 Å². The lowest BCUT2D eigenvalue weighted by Gasteiger charge is -2.31. The van der Waals surface area contributed by atoms with Gasteiger partial charge in [0.15, 0.2) is 11.6 Å². The maximum absolute atomic E-state index is 12.2. The number of carbonyl (C=O) groups excluding carboxylic acids is 2. The monoisotopic (exact) mass is 212 g/mol. The van der Waals surface area contributed by atoms with Gasteiger partial charge in [-0.3, -0.25) is 9.59 Å². The van der Waals surface area contributed by atoms with Crippen molar-refractivity contribution in [3.05, 3.63) is 47.5 Å². The van der Waals surface area contributed by atoms with Crippen LogP contribution in [0.25, 0.3) is 0 Å². The fraction of sp³-hybridized carbons (Fsp3) is 0.286. The van der Waals surface area contributed by atoms with E-state index in [0.717, 1.165) is 0 Å². The third-order valence-electron chi connectivity index (χ3n) is 3.56. The fourth-order valence-electron chi connectivity index (χ4n) is 2.71. The number of carbonyl (C=O) groups is 2. The van der Waals surface area contributed by atoms with E-state index in [1.807, 2.05) is 24.3 Å². The van der Waals surface area contributed by atoms with E-state index in [4.69, 9.17) is 0 Å². The molecule has 0 amide bonds.